The van der Waals surface area contributed by atoms with Crippen LogP contribution in [0.1, 0.15) is 32.6 Å². The number of hydrogen-bond donors (Lipinski definition) is 2. The zero-order valence-electron chi connectivity index (χ0n) is 12.0. The van der Waals surface area contributed by atoms with E-state index in [1.54, 1.807) is 0 Å². The zero-order chi connectivity index (χ0) is 15.0. The van der Waals surface area contributed by atoms with E-state index in [1.807, 2.05) is 6.92 Å². The van der Waals surface area contributed by atoms with Gasteiger partial charge >= 0.3 is 6.03 Å². The van der Waals surface area contributed by atoms with Gasteiger partial charge in [-0.3, -0.25) is 0 Å². The zero-order valence-corrected chi connectivity index (χ0v) is 12.0. The molecule has 2 aliphatic rings. The smallest absolute Gasteiger partial charge is 0.319 e. The number of benzene rings is 1. The van der Waals surface area contributed by atoms with Crippen LogP contribution in [0, 0.1) is 29.4 Å². The summed E-state index contributed by atoms with van der Waals surface area (Å²) in [5.41, 5.74) is -0.00552. The standard InChI is InChI=1S/C16H20F2N2O/c1-9(13-7-10-2-3-11(13)6-10)19-16(21)20-15-5-4-12(17)8-14(15)18/h4-5,8-11,13H,2-3,6-7H2,1H3,(H2,19,20,21)/t9-,10-,11-,13-/m0/s1. The average molecular weight is 294 g/mol. The Balaban J connectivity index is 1.56. The molecule has 0 saturated heterocycles. The third kappa shape index (κ3) is 3.01. The van der Waals surface area contributed by atoms with Crippen molar-refractivity contribution in [2.45, 2.75) is 38.6 Å². The number of fused-ring (bicyclic) bond motifs is 2. The molecule has 2 N–H and O–H groups in total. The van der Waals surface area contributed by atoms with Crippen molar-refractivity contribution in [3.05, 3.63) is 29.8 Å². The molecule has 3 rings (SSSR count). The highest BCUT2D eigenvalue weighted by atomic mass is 19.1. The summed E-state index contributed by atoms with van der Waals surface area (Å²) < 4.78 is 26.3. The Morgan fingerprint density at radius 1 is 1.29 bits per heavy atom. The lowest BCUT2D eigenvalue weighted by Crippen LogP contribution is -2.42. The van der Waals surface area contributed by atoms with Crippen LogP contribution in [0.4, 0.5) is 19.3 Å². The van der Waals surface area contributed by atoms with Gasteiger partial charge in [0.1, 0.15) is 11.6 Å². The van der Waals surface area contributed by atoms with E-state index in [4.69, 9.17) is 0 Å². The minimum Gasteiger partial charge on any atom is -0.335 e. The Hall–Kier alpha value is -1.65. The van der Waals surface area contributed by atoms with Gasteiger partial charge in [0.15, 0.2) is 0 Å². The summed E-state index contributed by atoms with van der Waals surface area (Å²) >= 11 is 0. The molecule has 4 atom stereocenters. The molecule has 2 aliphatic carbocycles. The number of amides is 2. The Morgan fingerprint density at radius 2 is 2.10 bits per heavy atom. The molecule has 2 saturated carbocycles. The van der Waals surface area contributed by atoms with Crippen LogP contribution in [0.25, 0.3) is 0 Å². The van der Waals surface area contributed by atoms with E-state index in [2.05, 4.69) is 10.6 Å². The van der Waals surface area contributed by atoms with Crippen molar-refractivity contribution in [2.75, 3.05) is 5.32 Å². The molecular formula is C16H20F2N2O. The van der Waals surface area contributed by atoms with Crippen LogP contribution in [-0.2, 0) is 0 Å². The number of anilines is 1. The summed E-state index contributed by atoms with van der Waals surface area (Å²) in [7, 11) is 0. The minimum absolute atomic E-state index is 0.00552. The first kappa shape index (κ1) is 14.3. The summed E-state index contributed by atoms with van der Waals surface area (Å²) in [6.07, 6.45) is 5.04. The number of nitrogens with one attached hydrogen (secondary N) is 2. The molecule has 0 aliphatic heterocycles. The van der Waals surface area contributed by atoms with Crippen LogP contribution < -0.4 is 10.6 Å². The highest BCUT2D eigenvalue weighted by Gasteiger charge is 2.42. The van der Waals surface area contributed by atoms with Crippen LogP contribution in [0.3, 0.4) is 0 Å². The summed E-state index contributed by atoms with van der Waals surface area (Å²) in [6.45, 7) is 2.01. The molecule has 5 heteroatoms. The maximum absolute atomic E-state index is 13.5. The topological polar surface area (TPSA) is 41.1 Å². The van der Waals surface area contributed by atoms with Gasteiger partial charge in [-0.2, -0.15) is 0 Å². The van der Waals surface area contributed by atoms with E-state index in [1.165, 1.54) is 31.7 Å². The Kier molecular flexibility index (Phi) is 3.83. The quantitative estimate of drug-likeness (QED) is 0.872. The number of halogens is 2. The van der Waals surface area contributed by atoms with Gasteiger partial charge < -0.3 is 10.6 Å². The molecule has 1 aromatic rings. The molecule has 114 valence electrons. The third-order valence-corrected chi connectivity index (χ3v) is 4.97. The fourth-order valence-electron chi connectivity index (χ4n) is 3.97. The Morgan fingerprint density at radius 3 is 2.71 bits per heavy atom. The summed E-state index contributed by atoms with van der Waals surface area (Å²) in [5.74, 6) is 0.633. The van der Waals surface area contributed by atoms with E-state index in [-0.39, 0.29) is 11.7 Å². The average Bonchev–Trinajstić information content (AvgIpc) is 3.04. The van der Waals surface area contributed by atoms with Crippen molar-refractivity contribution in [2.24, 2.45) is 17.8 Å². The third-order valence-electron chi connectivity index (χ3n) is 4.97. The van der Waals surface area contributed by atoms with Crippen molar-refractivity contribution in [1.82, 2.24) is 5.32 Å². The molecule has 0 unspecified atom stereocenters. The van der Waals surface area contributed by atoms with Gasteiger partial charge in [-0.15, -0.1) is 0 Å². The van der Waals surface area contributed by atoms with Gasteiger partial charge in [-0.05, 0) is 56.1 Å². The van der Waals surface area contributed by atoms with E-state index in [0.29, 0.717) is 11.8 Å². The molecule has 0 spiro atoms. The maximum atomic E-state index is 13.5. The van der Waals surface area contributed by atoms with Crippen molar-refractivity contribution in [3.8, 4) is 0 Å². The molecule has 3 nitrogen and oxygen atoms in total. The van der Waals surface area contributed by atoms with Crippen molar-refractivity contribution >= 4 is 11.7 Å². The van der Waals surface area contributed by atoms with E-state index < -0.39 is 17.7 Å². The molecule has 0 aromatic heterocycles. The number of urea groups is 1. The first-order valence-electron chi connectivity index (χ1n) is 7.55. The number of carbonyl (C=O) groups is 1. The minimum atomic E-state index is -0.766. The van der Waals surface area contributed by atoms with Crippen molar-refractivity contribution < 1.29 is 13.6 Å². The molecule has 1 aromatic carbocycles. The Labute approximate surface area is 123 Å². The van der Waals surface area contributed by atoms with E-state index in [0.717, 1.165) is 18.1 Å². The molecule has 21 heavy (non-hydrogen) atoms. The molecule has 2 fully saturated rings. The largest absolute Gasteiger partial charge is 0.335 e. The van der Waals surface area contributed by atoms with Gasteiger partial charge in [0, 0.05) is 12.1 Å². The van der Waals surface area contributed by atoms with Crippen molar-refractivity contribution in [3.63, 3.8) is 0 Å². The van der Waals surface area contributed by atoms with Gasteiger partial charge in [-0.25, -0.2) is 13.6 Å². The van der Waals surface area contributed by atoms with Gasteiger partial charge in [-0.1, -0.05) is 6.42 Å². The second-order valence-corrected chi connectivity index (χ2v) is 6.35. The van der Waals surface area contributed by atoms with Crippen LogP contribution in [0.2, 0.25) is 0 Å². The second-order valence-electron chi connectivity index (χ2n) is 6.35. The number of rotatable bonds is 3. The van der Waals surface area contributed by atoms with Gasteiger partial charge in [0.25, 0.3) is 0 Å². The predicted molar refractivity (Wildman–Crippen MR) is 76.9 cm³/mol. The molecule has 0 radical (unpaired) electrons. The molecular weight excluding hydrogens is 274 g/mol. The van der Waals surface area contributed by atoms with Crippen LogP contribution in [-0.4, -0.2) is 12.1 Å². The first-order chi connectivity index (χ1) is 10.0. The first-order valence-corrected chi connectivity index (χ1v) is 7.55. The summed E-state index contributed by atoms with van der Waals surface area (Å²) in [6, 6.07) is 2.75. The molecule has 2 bridgehead atoms. The SMILES string of the molecule is C[C@H](NC(=O)Nc1ccc(F)cc1F)[C@@H]1C[C@H]2CC[C@H]1C2. The number of hydrogen-bond acceptors (Lipinski definition) is 1. The lowest BCUT2D eigenvalue weighted by molar-refractivity contribution is 0.230. The normalized spacial score (nSPS) is 28.4. The summed E-state index contributed by atoms with van der Waals surface area (Å²) in [5, 5.41) is 5.33. The second kappa shape index (κ2) is 5.62. The van der Waals surface area contributed by atoms with Crippen LogP contribution >= 0.6 is 0 Å². The van der Waals surface area contributed by atoms with Crippen LogP contribution in [0.5, 0.6) is 0 Å². The Bertz CT molecular complexity index is 549. The fourth-order valence-corrected chi connectivity index (χ4v) is 3.97. The predicted octanol–water partition coefficient (Wildman–Crippen LogP) is 3.91. The lowest BCUT2D eigenvalue weighted by atomic mass is 9.84. The van der Waals surface area contributed by atoms with Gasteiger partial charge in [0.2, 0.25) is 0 Å². The van der Waals surface area contributed by atoms with Crippen molar-refractivity contribution in [1.29, 1.82) is 0 Å². The highest BCUT2D eigenvalue weighted by Crippen LogP contribution is 2.49. The summed E-state index contributed by atoms with van der Waals surface area (Å²) in [4.78, 5) is 11.9. The monoisotopic (exact) mass is 294 g/mol. The highest BCUT2D eigenvalue weighted by molar-refractivity contribution is 5.89. The maximum Gasteiger partial charge on any atom is 0.319 e. The fraction of sp³-hybridized carbons (Fsp3) is 0.562. The molecule has 2 amide bonds. The van der Waals surface area contributed by atoms with E-state index >= 15 is 0 Å². The van der Waals surface area contributed by atoms with Gasteiger partial charge in [0.05, 0.1) is 5.69 Å². The van der Waals surface area contributed by atoms with Crippen LogP contribution in [0.15, 0.2) is 18.2 Å². The molecule has 0 heterocycles. The number of carbonyl (C=O) groups excluding carboxylic acids is 1. The van der Waals surface area contributed by atoms with E-state index in [9.17, 15) is 13.6 Å². The lowest BCUT2D eigenvalue weighted by Gasteiger charge is -2.28.